The number of nitrogens with one attached hydrogen (secondary N) is 1. The van der Waals surface area contributed by atoms with E-state index in [9.17, 15) is 9.59 Å². The summed E-state index contributed by atoms with van der Waals surface area (Å²) in [6.07, 6.45) is 1.41. The van der Waals surface area contributed by atoms with Crippen molar-refractivity contribution in [1.82, 2.24) is 10.2 Å². The van der Waals surface area contributed by atoms with Crippen LogP contribution in [-0.2, 0) is 9.59 Å². The van der Waals surface area contributed by atoms with Crippen LogP contribution >= 0.6 is 12.2 Å². The maximum absolute atomic E-state index is 12.6. The van der Waals surface area contributed by atoms with Gasteiger partial charge in [0.25, 0.3) is 11.8 Å². The number of hydrogen-bond donors (Lipinski definition) is 1. The van der Waals surface area contributed by atoms with Crippen molar-refractivity contribution in [1.29, 1.82) is 0 Å². The average Bonchev–Trinajstić information content (AvgIpc) is 3.00. The molecule has 25 heavy (non-hydrogen) atoms. The Bertz CT molecular complexity index is 842. The van der Waals surface area contributed by atoms with Crippen LogP contribution in [0.1, 0.15) is 11.5 Å². The molecule has 2 amide bonds. The van der Waals surface area contributed by atoms with E-state index in [2.05, 4.69) is 5.32 Å². The van der Waals surface area contributed by atoms with Crippen LogP contribution in [0.3, 0.4) is 0 Å². The Morgan fingerprint density at radius 3 is 2.64 bits per heavy atom. The minimum Gasteiger partial charge on any atom is -0.492 e. The Labute approximate surface area is 150 Å². The number of amides is 2. The standard InChI is InChI=1S/C18H16N2O4S/c1-12-7-8-14(24-12)11-15-16(21)19-18(25)20(17(15)22)9-10-23-13-5-3-2-4-6-13/h2-8,11H,9-10H2,1H3,(H,19,21,25). The van der Waals surface area contributed by atoms with E-state index in [-0.39, 0.29) is 23.8 Å². The van der Waals surface area contributed by atoms with Crippen LogP contribution in [0.25, 0.3) is 6.08 Å². The molecule has 7 heteroatoms. The summed E-state index contributed by atoms with van der Waals surface area (Å²) in [6.45, 7) is 2.26. The van der Waals surface area contributed by atoms with Crippen molar-refractivity contribution in [2.45, 2.75) is 6.92 Å². The van der Waals surface area contributed by atoms with Crippen LogP contribution in [0, 0.1) is 6.92 Å². The molecule has 1 aromatic carbocycles. The topological polar surface area (TPSA) is 71.8 Å². The first-order valence-electron chi connectivity index (χ1n) is 7.68. The van der Waals surface area contributed by atoms with Crippen LogP contribution < -0.4 is 10.1 Å². The summed E-state index contributed by atoms with van der Waals surface area (Å²) in [4.78, 5) is 26.0. The molecule has 128 valence electrons. The molecule has 1 aromatic heterocycles. The zero-order valence-corrected chi connectivity index (χ0v) is 14.3. The molecule has 1 aliphatic rings. The molecule has 0 bridgehead atoms. The van der Waals surface area contributed by atoms with Gasteiger partial charge in [0.2, 0.25) is 0 Å². The number of carbonyl (C=O) groups is 2. The number of hydrogen-bond acceptors (Lipinski definition) is 5. The lowest BCUT2D eigenvalue weighted by molar-refractivity contribution is -0.129. The van der Waals surface area contributed by atoms with Gasteiger partial charge in [-0.15, -0.1) is 0 Å². The van der Waals surface area contributed by atoms with Gasteiger partial charge >= 0.3 is 0 Å². The molecule has 0 radical (unpaired) electrons. The SMILES string of the molecule is Cc1ccc(C=C2C(=O)NC(=S)N(CCOc3ccccc3)C2=O)o1. The minimum atomic E-state index is -0.538. The van der Waals surface area contributed by atoms with Gasteiger partial charge in [0.15, 0.2) is 5.11 Å². The van der Waals surface area contributed by atoms with Crippen LogP contribution in [0.5, 0.6) is 5.75 Å². The molecule has 0 saturated carbocycles. The molecule has 0 unspecified atom stereocenters. The van der Waals surface area contributed by atoms with E-state index < -0.39 is 11.8 Å². The van der Waals surface area contributed by atoms with E-state index in [0.717, 1.165) is 0 Å². The first kappa shape index (κ1) is 16.9. The third-order valence-electron chi connectivity index (χ3n) is 3.56. The molecule has 0 aliphatic carbocycles. The van der Waals surface area contributed by atoms with Crippen LogP contribution in [0.4, 0.5) is 0 Å². The normalized spacial score (nSPS) is 16.3. The quantitative estimate of drug-likeness (QED) is 0.506. The Kier molecular flexibility index (Phi) is 4.95. The molecule has 0 spiro atoms. The van der Waals surface area contributed by atoms with Crippen molar-refractivity contribution in [2.24, 2.45) is 0 Å². The van der Waals surface area contributed by atoms with E-state index in [1.165, 1.54) is 11.0 Å². The van der Waals surface area contributed by atoms with Gasteiger partial charge in [-0.1, -0.05) is 18.2 Å². The summed E-state index contributed by atoms with van der Waals surface area (Å²) in [6, 6.07) is 12.7. The first-order valence-corrected chi connectivity index (χ1v) is 8.08. The predicted molar refractivity (Wildman–Crippen MR) is 95.8 cm³/mol. The number of benzene rings is 1. The number of para-hydroxylation sites is 1. The van der Waals surface area contributed by atoms with Crippen molar-refractivity contribution >= 4 is 35.2 Å². The zero-order chi connectivity index (χ0) is 17.8. The van der Waals surface area contributed by atoms with Crippen LogP contribution in [0.2, 0.25) is 0 Å². The summed E-state index contributed by atoms with van der Waals surface area (Å²) in [5.41, 5.74) is -0.0253. The molecule has 1 N–H and O–H groups in total. The number of aryl methyl sites for hydroxylation is 1. The van der Waals surface area contributed by atoms with Gasteiger partial charge in [0.1, 0.15) is 29.4 Å². The Morgan fingerprint density at radius 1 is 1.20 bits per heavy atom. The summed E-state index contributed by atoms with van der Waals surface area (Å²) < 4.78 is 11.0. The van der Waals surface area contributed by atoms with Crippen molar-refractivity contribution in [3.8, 4) is 5.75 Å². The summed E-state index contributed by atoms with van der Waals surface area (Å²) in [5.74, 6) is 0.816. The zero-order valence-electron chi connectivity index (χ0n) is 13.5. The van der Waals surface area contributed by atoms with Gasteiger partial charge in [-0.3, -0.25) is 19.8 Å². The largest absolute Gasteiger partial charge is 0.492 e. The van der Waals surface area contributed by atoms with Crippen molar-refractivity contribution in [3.05, 3.63) is 59.6 Å². The fourth-order valence-corrected chi connectivity index (χ4v) is 2.61. The third-order valence-corrected chi connectivity index (χ3v) is 3.88. The van der Waals surface area contributed by atoms with Crippen molar-refractivity contribution < 1.29 is 18.7 Å². The van der Waals surface area contributed by atoms with Gasteiger partial charge in [-0.05, 0) is 49.5 Å². The monoisotopic (exact) mass is 356 g/mol. The summed E-state index contributed by atoms with van der Waals surface area (Å²) in [5, 5.41) is 2.59. The molecule has 1 aliphatic heterocycles. The smallest absolute Gasteiger partial charge is 0.265 e. The Balaban J connectivity index is 1.70. The molecule has 1 saturated heterocycles. The number of rotatable bonds is 5. The lowest BCUT2D eigenvalue weighted by Gasteiger charge is -2.28. The second kappa shape index (κ2) is 7.31. The molecule has 6 nitrogen and oxygen atoms in total. The second-order valence-electron chi connectivity index (χ2n) is 5.38. The highest BCUT2D eigenvalue weighted by atomic mass is 32.1. The minimum absolute atomic E-state index is 0.0253. The highest BCUT2D eigenvalue weighted by Crippen LogP contribution is 2.16. The fourth-order valence-electron chi connectivity index (χ4n) is 2.34. The van der Waals surface area contributed by atoms with Gasteiger partial charge in [0, 0.05) is 0 Å². The average molecular weight is 356 g/mol. The summed E-state index contributed by atoms with van der Waals surface area (Å²) >= 11 is 5.10. The predicted octanol–water partition coefficient (Wildman–Crippen LogP) is 2.29. The molecular formula is C18H16N2O4S. The van der Waals surface area contributed by atoms with E-state index in [1.54, 1.807) is 19.1 Å². The van der Waals surface area contributed by atoms with Crippen molar-refractivity contribution in [3.63, 3.8) is 0 Å². The lowest BCUT2D eigenvalue weighted by atomic mass is 10.1. The van der Waals surface area contributed by atoms with Crippen molar-refractivity contribution in [2.75, 3.05) is 13.2 Å². The molecule has 3 rings (SSSR count). The second-order valence-corrected chi connectivity index (χ2v) is 5.77. The van der Waals surface area contributed by atoms with Gasteiger partial charge < -0.3 is 9.15 Å². The first-order chi connectivity index (χ1) is 12.0. The highest BCUT2D eigenvalue weighted by molar-refractivity contribution is 7.80. The molecule has 2 aromatic rings. The number of furan rings is 1. The summed E-state index contributed by atoms with van der Waals surface area (Å²) in [7, 11) is 0. The molecular weight excluding hydrogens is 340 g/mol. The maximum Gasteiger partial charge on any atom is 0.265 e. The van der Waals surface area contributed by atoms with E-state index in [1.807, 2.05) is 30.3 Å². The number of ether oxygens (including phenoxy) is 1. The number of nitrogens with zero attached hydrogens (tertiary/aromatic N) is 1. The maximum atomic E-state index is 12.6. The molecule has 0 atom stereocenters. The van der Waals surface area contributed by atoms with Crippen LogP contribution in [0.15, 0.2) is 52.5 Å². The number of thiocarbonyl (C=S) groups is 1. The Morgan fingerprint density at radius 2 is 1.96 bits per heavy atom. The third kappa shape index (κ3) is 3.95. The number of carbonyl (C=O) groups excluding carboxylic acids is 2. The van der Waals surface area contributed by atoms with E-state index in [4.69, 9.17) is 21.4 Å². The van der Waals surface area contributed by atoms with E-state index in [0.29, 0.717) is 17.3 Å². The lowest BCUT2D eigenvalue weighted by Crippen LogP contribution is -2.54. The van der Waals surface area contributed by atoms with Gasteiger partial charge in [-0.2, -0.15) is 0 Å². The van der Waals surface area contributed by atoms with Crippen LogP contribution in [-0.4, -0.2) is 35.0 Å². The fraction of sp³-hybridized carbons (Fsp3) is 0.167. The molecule has 1 fully saturated rings. The molecule has 2 heterocycles. The highest BCUT2D eigenvalue weighted by Gasteiger charge is 2.33. The van der Waals surface area contributed by atoms with Gasteiger partial charge in [-0.25, -0.2) is 0 Å². The van der Waals surface area contributed by atoms with E-state index >= 15 is 0 Å². The Hall–Kier alpha value is -2.93. The van der Waals surface area contributed by atoms with Gasteiger partial charge in [0.05, 0.1) is 6.54 Å².